The number of rotatable bonds is 4. The fourth-order valence-corrected chi connectivity index (χ4v) is 2.66. The molecule has 5 heteroatoms. The van der Waals surface area contributed by atoms with Crippen LogP contribution in [0.4, 0.5) is 5.82 Å². The third-order valence-corrected chi connectivity index (χ3v) is 3.66. The van der Waals surface area contributed by atoms with Crippen LogP contribution in [-0.4, -0.2) is 16.5 Å². The zero-order valence-electron chi connectivity index (χ0n) is 11.2. The fraction of sp³-hybridized carbons (Fsp3) is 0.333. The number of nitrogens with zero attached hydrogens (tertiary/aromatic N) is 2. The number of aromatic nitrogens is 2. The molecule has 2 aromatic rings. The Balaban J connectivity index is 2.06. The number of hydrogen-bond acceptors (Lipinski definition) is 3. The van der Waals surface area contributed by atoms with Crippen LogP contribution < -0.4 is 5.32 Å². The summed E-state index contributed by atoms with van der Waals surface area (Å²) < 4.78 is 0. The van der Waals surface area contributed by atoms with Crippen molar-refractivity contribution in [1.82, 2.24) is 9.97 Å². The van der Waals surface area contributed by atoms with E-state index >= 15 is 0 Å². The lowest BCUT2D eigenvalue weighted by Gasteiger charge is -2.09. The molecule has 104 valence electrons. The summed E-state index contributed by atoms with van der Waals surface area (Å²) in [4.78, 5) is 9.21. The van der Waals surface area contributed by atoms with Gasteiger partial charge in [-0.2, -0.15) is 0 Å². The van der Waals surface area contributed by atoms with Crippen molar-refractivity contribution in [1.29, 1.82) is 0 Å². The van der Waals surface area contributed by atoms with Gasteiger partial charge in [-0.3, -0.25) is 0 Å². The van der Waals surface area contributed by atoms with Crippen molar-refractivity contribution in [3.05, 3.63) is 40.0 Å². The number of hydrogen-bond donors (Lipinski definition) is 1. The van der Waals surface area contributed by atoms with Gasteiger partial charge in [0.1, 0.15) is 5.82 Å². The molecule has 0 bridgehead atoms. The molecule has 1 saturated carbocycles. The van der Waals surface area contributed by atoms with Gasteiger partial charge in [0.25, 0.3) is 0 Å². The van der Waals surface area contributed by atoms with Crippen LogP contribution in [0.5, 0.6) is 0 Å². The van der Waals surface area contributed by atoms with E-state index < -0.39 is 0 Å². The van der Waals surface area contributed by atoms with Gasteiger partial charge in [-0.1, -0.05) is 23.2 Å². The van der Waals surface area contributed by atoms with Gasteiger partial charge in [0.2, 0.25) is 0 Å². The summed E-state index contributed by atoms with van der Waals surface area (Å²) >= 11 is 12.1. The molecule has 0 saturated heterocycles. The van der Waals surface area contributed by atoms with Gasteiger partial charge < -0.3 is 5.32 Å². The van der Waals surface area contributed by atoms with E-state index in [0.717, 1.165) is 23.6 Å². The average molecular weight is 308 g/mol. The highest BCUT2D eigenvalue weighted by Gasteiger charge is 2.26. The van der Waals surface area contributed by atoms with E-state index in [-0.39, 0.29) is 0 Å². The zero-order valence-corrected chi connectivity index (χ0v) is 12.7. The first-order chi connectivity index (χ1) is 9.65. The molecule has 0 amide bonds. The molecule has 0 unspecified atom stereocenters. The van der Waals surface area contributed by atoms with Crippen molar-refractivity contribution in [2.24, 2.45) is 0 Å². The minimum absolute atomic E-state index is 0.573. The predicted octanol–water partition coefficient (Wildman–Crippen LogP) is 4.76. The predicted molar refractivity (Wildman–Crippen MR) is 83.6 cm³/mol. The molecule has 1 aliphatic rings. The van der Waals surface area contributed by atoms with Crippen molar-refractivity contribution >= 4 is 29.0 Å². The van der Waals surface area contributed by atoms with Crippen LogP contribution in [0.25, 0.3) is 11.4 Å². The second-order valence-corrected chi connectivity index (χ2v) is 5.84. The highest BCUT2D eigenvalue weighted by Crippen LogP contribution is 2.40. The van der Waals surface area contributed by atoms with Crippen molar-refractivity contribution in [2.75, 3.05) is 11.9 Å². The molecule has 1 aromatic carbocycles. The number of benzene rings is 1. The first-order valence-electron chi connectivity index (χ1n) is 6.75. The Kier molecular flexibility index (Phi) is 3.81. The van der Waals surface area contributed by atoms with Crippen molar-refractivity contribution in [2.45, 2.75) is 25.7 Å². The molecule has 0 aliphatic heterocycles. The summed E-state index contributed by atoms with van der Waals surface area (Å²) in [6.45, 7) is 2.88. The minimum atomic E-state index is 0.573. The maximum Gasteiger partial charge on any atom is 0.161 e. The normalized spacial score (nSPS) is 14.3. The van der Waals surface area contributed by atoms with E-state index in [1.165, 1.54) is 12.8 Å². The Morgan fingerprint density at radius 1 is 1.10 bits per heavy atom. The Hall–Kier alpha value is -1.32. The lowest BCUT2D eigenvalue weighted by atomic mass is 10.2. The van der Waals surface area contributed by atoms with Crippen LogP contribution in [0, 0.1) is 0 Å². The van der Waals surface area contributed by atoms with E-state index in [1.54, 1.807) is 6.07 Å². The van der Waals surface area contributed by atoms with Crippen LogP contribution in [0.1, 0.15) is 31.4 Å². The lowest BCUT2D eigenvalue weighted by molar-refractivity contribution is 0.988. The van der Waals surface area contributed by atoms with Gasteiger partial charge in [-0.05, 0) is 38.0 Å². The van der Waals surface area contributed by atoms with Gasteiger partial charge in [-0.25, -0.2) is 9.97 Å². The Morgan fingerprint density at radius 3 is 2.40 bits per heavy atom. The molecule has 1 heterocycles. The van der Waals surface area contributed by atoms with Gasteiger partial charge in [0.15, 0.2) is 5.82 Å². The molecule has 1 N–H and O–H groups in total. The topological polar surface area (TPSA) is 37.8 Å². The molecular weight excluding hydrogens is 293 g/mol. The van der Waals surface area contributed by atoms with Crippen LogP contribution in [0.2, 0.25) is 10.0 Å². The second kappa shape index (κ2) is 5.58. The summed E-state index contributed by atoms with van der Waals surface area (Å²) in [6, 6.07) is 7.43. The number of nitrogens with one attached hydrogen (secondary N) is 1. The Labute approximate surface area is 128 Å². The minimum Gasteiger partial charge on any atom is -0.370 e. The fourth-order valence-electron chi connectivity index (χ4n) is 2.14. The van der Waals surface area contributed by atoms with Crippen LogP contribution in [0.3, 0.4) is 0 Å². The largest absolute Gasteiger partial charge is 0.370 e. The van der Waals surface area contributed by atoms with Gasteiger partial charge in [0, 0.05) is 39.8 Å². The summed E-state index contributed by atoms with van der Waals surface area (Å²) in [7, 11) is 0. The van der Waals surface area contributed by atoms with Crippen LogP contribution in [-0.2, 0) is 0 Å². The lowest BCUT2D eigenvalue weighted by Crippen LogP contribution is -2.03. The van der Waals surface area contributed by atoms with Crippen molar-refractivity contribution in [3.63, 3.8) is 0 Å². The Morgan fingerprint density at radius 2 is 1.80 bits per heavy atom. The van der Waals surface area contributed by atoms with E-state index in [2.05, 4.69) is 22.2 Å². The third kappa shape index (κ3) is 3.05. The SMILES string of the molecule is CCNc1cc(C2CC2)nc(-c2cc(Cl)cc(Cl)c2)n1. The molecule has 3 nitrogen and oxygen atoms in total. The molecule has 1 aromatic heterocycles. The van der Waals surface area contributed by atoms with Crippen LogP contribution >= 0.6 is 23.2 Å². The highest BCUT2D eigenvalue weighted by atomic mass is 35.5. The average Bonchev–Trinajstić information content (AvgIpc) is 3.22. The van der Waals surface area contributed by atoms with E-state index in [0.29, 0.717) is 21.8 Å². The van der Waals surface area contributed by atoms with Gasteiger partial charge >= 0.3 is 0 Å². The quantitative estimate of drug-likeness (QED) is 0.885. The molecular formula is C15H15Cl2N3. The van der Waals surface area contributed by atoms with Crippen molar-refractivity contribution in [3.8, 4) is 11.4 Å². The molecule has 0 radical (unpaired) electrons. The third-order valence-electron chi connectivity index (χ3n) is 3.22. The highest BCUT2D eigenvalue weighted by molar-refractivity contribution is 6.35. The first-order valence-corrected chi connectivity index (χ1v) is 7.50. The monoisotopic (exact) mass is 307 g/mol. The molecule has 20 heavy (non-hydrogen) atoms. The molecule has 0 spiro atoms. The molecule has 0 atom stereocenters. The van der Waals surface area contributed by atoms with Gasteiger partial charge in [0.05, 0.1) is 0 Å². The van der Waals surface area contributed by atoms with E-state index in [9.17, 15) is 0 Å². The summed E-state index contributed by atoms with van der Waals surface area (Å²) in [5.74, 6) is 2.11. The van der Waals surface area contributed by atoms with Crippen LogP contribution in [0.15, 0.2) is 24.3 Å². The smallest absolute Gasteiger partial charge is 0.161 e. The standard InChI is InChI=1S/C15H15Cl2N3/c1-2-18-14-8-13(9-3-4-9)19-15(20-14)10-5-11(16)7-12(17)6-10/h5-9H,2-4H2,1H3,(H,18,19,20). The van der Waals surface area contributed by atoms with Crippen molar-refractivity contribution < 1.29 is 0 Å². The molecule has 3 rings (SSSR count). The Bertz CT molecular complexity index is 619. The van der Waals surface area contributed by atoms with E-state index in [1.807, 2.05) is 18.2 Å². The van der Waals surface area contributed by atoms with E-state index in [4.69, 9.17) is 23.2 Å². The number of halogens is 2. The maximum atomic E-state index is 6.06. The summed E-state index contributed by atoms with van der Waals surface area (Å²) in [5.41, 5.74) is 1.95. The summed E-state index contributed by atoms with van der Waals surface area (Å²) in [5, 5.41) is 4.44. The molecule has 1 aliphatic carbocycles. The first kappa shape index (κ1) is 13.7. The maximum absolute atomic E-state index is 6.06. The number of anilines is 1. The summed E-state index contributed by atoms with van der Waals surface area (Å²) in [6.07, 6.45) is 2.41. The molecule has 1 fully saturated rings. The van der Waals surface area contributed by atoms with Gasteiger partial charge in [-0.15, -0.1) is 0 Å². The second-order valence-electron chi connectivity index (χ2n) is 4.96. The zero-order chi connectivity index (χ0) is 14.1.